The summed E-state index contributed by atoms with van der Waals surface area (Å²) in [5, 5.41) is 3.23. The largest absolute Gasteiger partial charge is 0.469 e. The van der Waals surface area contributed by atoms with Crippen LogP contribution >= 0.6 is 0 Å². The van der Waals surface area contributed by atoms with Crippen LogP contribution in [-0.2, 0) is 9.53 Å². The van der Waals surface area contributed by atoms with E-state index in [0.717, 1.165) is 32.6 Å². The number of nitrogens with zero attached hydrogens (tertiary/aromatic N) is 1. The number of rotatable bonds is 9. The van der Waals surface area contributed by atoms with E-state index in [-0.39, 0.29) is 5.97 Å². The van der Waals surface area contributed by atoms with Gasteiger partial charge in [0.2, 0.25) is 0 Å². The van der Waals surface area contributed by atoms with Crippen molar-refractivity contribution in [2.75, 3.05) is 39.8 Å². The highest BCUT2D eigenvalue weighted by Crippen LogP contribution is 1.89. The van der Waals surface area contributed by atoms with Gasteiger partial charge in [-0.25, -0.2) is 0 Å². The Balaban J connectivity index is 3.21. The van der Waals surface area contributed by atoms with E-state index in [1.54, 1.807) is 0 Å². The molecule has 0 aliphatic carbocycles. The molecule has 0 spiro atoms. The molecule has 0 aromatic carbocycles. The van der Waals surface area contributed by atoms with Gasteiger partial charge in [-0.1, -0.05) is 13.8 Å². The van der Waals surface area contributed by atoms with Crippen LogP contribution in [-0.4, -0.2) is 50.7 Å². The molecule has 0 saturated heterocycles. The minimum atomic E-state index is -0.147. The first-order valence-electron chi connectivity index (χ1n) is 5.74. The Hall–Kier alpha value is -0.610. The van der Waals surface area contributed by atoms with Crippen molar-refractivity contribution < 1.29 is 9.53 Å². The van der Waals surface area contributed by atoms with Crippen LogP contribution in [0.2, 0.25) is 0 Å². The van der Waals surface area contributed by atoms with Gasteiger partial charge in [0.05, 0.1) is 13.5 Å². The van der Waals surface area contributed by atoms with Gasteiger partial charge in [0, 0.05) is 6.54 Å². The van der Waals surface area contributed by atoms with Gasteiger partial charge in [0.25, 0.3) is 0 Å². The molecule has 0 radical (unpaired) electrons. The molecule has 90 valence electrons. The zero-order valence-corrected chi connectivity index (χ0v) is 10.2. The maximum Gasteiger partial charge on any atom is 0.306 e. The molecule has 0 bridgehead atoms. The molecule has 0 heterocycles. The van der Waals surface area contributed by atoms with Crippen molar-refractivity contribution in [3.63, 3.8) is 0 Å². The summed E-state index contributed by atoms with van der Waals surface area (Å²) in [5.74, 6) is -0.147. The number of carbonyl (C=O) groups excluding carboxylic acids is 1. The predicted molar refractivity (Wildman–Crippen MR) is 61.9 cm³/mol. The third-order valence-electron chi connectivity index (χ3n) is 2.46. The lowest BCUT2D eigenvalue weighted by Crippen LogP contribution is -2.28. The number of carbonyl (C=O) groups is 1. The summed E-state index contributed by atoms with van der Waals surface area (Å²) in [7, 11) is 1.42. The van der Waals surface area contributed by atoms with Crippen molar-refractivity contribution in [3.05, 3.63) is 0 Å². The Labute approximate surface area is 93.0 Å². The number of nitrogens with one attached hydrogen (secondary N) is 1. The number of methoxy groups -OCH3 is 1. The van der Waals surface area contributed by atoms with E-state index in [0.29, 0.717) is 13.0 Å². The first kappa shape index (κ1) is 14.4. The maximum atomic E-state index is 10.8. The quantitative estimate of drug-likeness (QED) is 0.459. The summed E-state index contributed by atoms with van der Waals surface area (Å²) in [6.45, 7) is 9.37. The monoisotopic (exact) mass is 216 g/mol. The van der Waals surface area contributed by atoms with Crippen LogP contribution in [0.3, 0.4) is 0 Å². The van der Waals surface area contributed by atoms with E-state index < -0.39 is 0 Å². The van der Waals surface area contributed by atoms with E-state index in [1.807, 2.05) is 0 Å². The molecule has 15 heavy (non-hydrogen) atoms. The average molecular weight is 216 g/mol. The normalized spacial score (nSPS) is 10.7. The lowest BCUT2D eigenvalue weighted by molar-refractivity contribution is -0.140. The van der Waals surface area contributed by atoms with E-state index in [9.17, 15) is 4.79 Å². The Morgan fingerprint density at radius 2 is 1.93 bits per heavy atom. The summed E-state index contributed by atoms with van der Waals surface area (Å²) in [5.41, 5.74) is 0. The summed E-state index contributed by atoms with van der Waals surface area (Å²) >= 11 is 0. The number of ether oxygens (including phenoxy) is 1. The summed E-state index contributed by atoms with van der Waals surface area (Å²) in [4.78, 5) is 13.2. The van der Waals surface area contributed by atoms with E-state index in [2.05, 4.69) is 28.8 Å². The molecular formula is C11H24N2O2. The molecule has 0 amide bonds. The first-order chi connectivity index (χ1) is 7.24. The summed E-state index contributed by atoms with van der Waals surface area (Å²) in [6, 6.07) is 0. The average Bonchev–Trinajstić information content (AvgIpc) is 2.28. The first-order valence-corrected chi connectivity index (χ1v) is 5.74. The fourth-order valence-electron chi connectivity index (χ4n) is 1.39. The molecule has 0 saturated carbocycles. The van der Waals surface area contributed by atoms with Crippen molar-refractivity contribution in [2.24, 2.45) is 0 Å². The van der Waals surface area contributed by atoms with Gasteiger partial charge in [0.1, 0.15) is 0 Å². The molecule has 4 nitrogen and oxygen atoms in total. The summed E-state index contributed by atoms with van der Waals surface area (Å²) < 4.78 is 4.54. The Morgan fingerprint density at radius 1 is 1.27 bits per heavy atom. The maximum absolute atomic E-state index is 10.8. The molecular weight excluding hydrogens is 192 g/mol. The molecule has 0 rings (SSSR count). The lowest BCUT2D eigenvalue weighted by atomic mass is 10.3. The zero-order chi connectivity index (χ0) is 11.5. The van der Waals surface area contributed by atoms with Gasteiger partial charge in [0.15, 0.2) is 0 Å². The van der Waals surface area contributed by atoms with Gasteiger partial charge >= 0.3 is 5.97 Å². The van der Waals surface area contributed by atoms with Crippen molar-refractivity contribution >= 4 is 5.97 Å². The predicted octanol–water partition coefficient (Wildman–Crippen LogP) is 0.871. The molecule has 0 aliphatic heterocycles. The zero-order valence-electron chi connectivity index (χ0n) is 10.2. The molecule has 0 atom stereocenters. The van der Waals surface area contributed by atoms with E-state index in [4.69, 9.17) is 0 Å². The molecule has 0 aliphatic rings. The van der Waals surface area contributed by atoms with Gasteiger partial charge in [-0.15, -0.1) is 0 Å². The van der Waals surface area contributed by atoms with Crippen LogP contribution in [0.15, 0.2) is 0 Å². The van der Waals surface area contributed by atoms with Gasteiger partial charge in [-0.3, -0.25) is 4.79 Å². The highest BCUT2D eigenvalue weighted by molar-refractivity contribution is 5.69. The second-order valence-electron chi connectivity index (χ2n) is 3.46. The molecule has 0 fully saturated rings. The minimum Gasteiger partial charge on any atom is -0.469 e. The van der Waals surface area contributed by atoms with Crippen molar-refractivity contribution in [2.45, 2.75) is 26.7 Å². The number of hydrogen-bond acceptors (Lipinski definition) is 4. The van der Waals surface area contributed by atoms with Gasteiger partial charge in [-0.2, -0.15) is 0 Å². The van der Waals surface area contributed by atoms with Crippen LogP contribution in [0.5, 0.6) is 0 Å². The fraction of sp³-hybridized carbons (Fsp3) is 0.909. The fourth-order valence-corrected chi connectivity index (χ4v) is 1.39. The van der Waals surface area contributed by atoms with E-state index in [1.165, 1.54) is 7.11 Å². The SMILES string of the molecule is CCN(CC)CCCNCCC(=O)OC. The lowest BCUT2D eigenvalue weighted by Gasteiger charge is -2.17. The highest BCUT2D eigenvalue weighted by atomic mass is 16.5. The molecule has 0 aromatic heterocycles. The minimum absolute atomic E-state index is 0.147. The third-order valence-corrected chi connectivity index (χ3v) is 2.46. The Kier molecular flexibility index (Phi) is 9.52. The van der Waals surface area contributed by atoms with Crippen LogP contribution in [0.25, 0.3) is 0 Å². The topological polar surface area (TPSA) is 41.6 Å². The third kappa shape index (κ3) is 8.39. The molecule has 4 heteroatoms. The standard InChI is InChI=1S/C11H24N2O2/c1-4-13(5-2)10-6-8-12-9-7-11(14)15-3/h12H,4-10H2,1-3H3. The second-order valence-corrected chi connectivity index (χ2v) is 3.46. The van der Waals surface area contributed by atoms with Crippen molar-refractivity contribution in [1.82, 2.24) is 10.2 Å². The smallest absolute Gasteiger partial charge is 0.306 e. The van der Waals surface area contributed by atoms with Gasteiger partial charge in [-0.05, 0) is 32.6 Å². The Morgan fingerprint density at radius 3 is 2.47 bits per heavy atom. The number of hydrogen-bond donors (Lipinski definition) is 1. The molecule has 1 N–H and O–H groups in total. The second kappa shape index (κ2) is 9.93. The van der Waals surface area contributed by atoms with Crippen molar-refractivity contribution in [1.29, 1.82) is 0 Å². The molecule has 0 unspecified atom stereocenters. The van der Waals surface area contributed by atoms with Gasteiger partial charge < -0.3 is 15.0 Å². The van der Waals surface area contributed by atoms with Crippen LogP contribution < -0.4 is 5.32 Å². The highest BCUT2D eigenvalue weighted by Gasteiger charge is 1.99. The number of esters is 1. The Bertz CT molecular complexity index is 159. The van der Waals surface area contributed by atoms with Crippen LogP contribution in [0.4, 0.5) is 0 Å². The van der Waals surface area contributed by atoms with Crippen LogP contribution in [0.1, 0.15) is 26.7 Å². The summed E-state index contributed by atoms with van der Waals surface area (Å²) in [6.07, 6.45) is 1.59. The van der Waals surface area contributed by atoms with Crippen LogP contribution in [0, 0.1) is 0 Å². The molecule has 0 aromatic rings. The van der Waals surface area contributed by atoms with Crippen molar-refractivity contribution in [3.8, 4) is 0 Å². The van der Waals surface area contributed by atoms with E-state index >= 15 is 0 Å².